The number of carbonyl (C=O) groups excluding carboxylic acids is 1. The molecule has 0 saturated heterocycles. The molecular formula is C17H15ClF3N5O3. The monoisotopic (exact) mass is 429 g/mol. The number of rotatable bonds is 8. The fourth-order valence-corrected chi connectivity index (χ4v) is 2.38. The van der Waals surface area contributed by atoms with Gasteiger partial charge >= 0.3 is 6.18 Å². The van der Waals surface area contributed by atoms with Crippen molar-refractivity contribution in [3.63, 3.8) is 0 Å². The van der Waals surface area contributed by atoms with Crippen LogP contribution in [0, 0.1) is 0 Å². The van der Waals surface area contributed by atoms with E-state index in [0.717, 1.165) is 4.68 Å². The normalized spacial score (nSPS) is 11.4. The molecule has 0 unspecified atom stereocenters. The molecule has 1 aromatic carbocycles. The minimum atomic E-state index is -4.42. The van der Waals surface area contributed by atoms with Crippen molar-refractivity contribution in [1.82, 2.24) is 19.6 Å². The van der Waals surface area contributed by atoms with Crippen molar-refractivity contribution in [2.24, 2.45) is 0 Å². The fourth-order valence-electron chi connectivity index (χ4n) is 2.20. The minimum absolute atomic E-state index is 0.0715. The number of nitrogens with one attached hydrogen (secondary N) is 1. The molecule has 29 heavy (non-hydrogen) atoms. The van der Waals surface area contributed by atoms with E-state index in [9.17, 15) is 18.0 Å². The highest BCUT2D eigenvalue weighted by Gasteiger charge is 2.27. The van der Waals surface area contributed by atoms with Crippen molar-refractivity contribution in [1.29, 1.82) is 0 Å². The first kappa shape index (κ1) is 20.7. The molecule has 2 heterocycles. The third-order valence-corrected chi connectivity index (χ3v) is 3.65. The van der Waals surface area contributed by atoms with Crippen molar-refractivity contribution in [2.45, 2.75) is 19.6 Å². The Morgan fingerprint density at radius 2 is 2.03 bits per heavy atom. The van der Waals surface area contributed by atoms with Gasteiger partial charge in [0.05, 0.1) is 18.1 Å². The molecule has 154 valence electrons. The molecular weight excluding hydrogens is 415 g/mol. The van der Waals surface area contributed by atoms with Gasteiger partial charge in [0.25, 0.3) is 5.91 Å². The van der Waals surface area contributed by atoms with Crippen LogP contribution in [0.3, 0.4) is 0 Å². The molecule has 0 saturated carbocycles. The predicted octanol–water partition coefficient (Wildman–Crippen LogP) is 3.56. The minimum Gasteiger partial charge on any atom is -0.471 e. The zero-order valence-corrected chi connectivity index (χ0v) is 15.5. The van der Waals surface area contributed by atoms with Crippen molar-refractivity contribution >= 4 is 23.2 Å². The molecule has 3 rings (SSSR count). The predicted molar refractivity (Wildman–Crippen MR) is 96.5 cm³/mol. The number of nitrogens with zero attached hydrogens (tertiary/aromatic N) is 4. The second kappa shape index (κ2) is 8.97. The van der Waals surface area contributed by atoms with E-state index in [0.29, 0.717) is 10.8 Å². The number of carbonyl (C=O) groups is 1. The van der Waals surface area contributed by atoms with Crippen molar-refractivity contribution in [2.75, 3.05) is 11.9 Å². The summed E-state index contributed by atoms with van der Waals surface area (Å²) in [4.78, 5) is 12.2. The van der Waals surface area contributed by atoms with Crippen LogP contribution in [0.25, 0.3) is 0 Å². The Kier molecular flexibility index (Phi) is 6.39. The highest BCUT2D eigenvalue weighted by Crippen LogP contribution is 2.17. The van der Waals surface area contributed by atoms with Crippen LogP contribution in [0.1, 0.15) is 10.5 Å². The van der Waals surface area contributed by atoms with E-state index in [1.165, 1.54) is 23.1 Å². The fraction of sp³-hybridized carbons (Fsp3) is 0.235. The molecule has 0 atom stereocenters. The van der Waals surface area contributed by atoms with E-state index < -0.39 is 25.4 Å². The van der Waals surface area contributed by atoms with Crippen LogP contribution >= 0.6 is 11.6 Å². The number of aromatic nitrogens is 4. The first-order valence-electron chi connectivity index (χ1n) is 8.19. The number of benzene rings is 1. The topological polar surface area (TPSA) is 83.2 Å². The Bertz CT molecular complexity index is 973. The number of hydrogen-bond donors (Lipinski definition) is 1. The van der Waals surface area contributed by atoms with E-state index in [2.05, 4.69) is 20.3 Å². The van der Waals surface area contributed by atoms with E-state index in [4.69, 9.17) is 16.3 Å². The summed E-state index contributed by atoms with van der Waals surface area (Å²) in [5, 5.41) is 11.0. The van der Waals surface area contributed by atoms with Gasteiger partial charge in [-0.2, -0.15) is 23.4 Å². The third kappa shape index (κ3) is 6.50. The highest BCUT2D eigenvalue weighted by atomic mass is 35.5. The number of anilines is 1. The smallest absolute Gasteiger partial charge is 0.411 e. The van der Waals surface area contributed by atoms with Gasteiger partial charge in [-0.25, -0.2) is 9.36 Å². The molecule has 2 aromatic heterocycles. The Morgan fingerprint density at radius 3 is 2.79 bits per heavy atom. The van der Waals surface area contributed by atoms with Crippen LogP contribution in [0.15, 0.2) is 48.9 Å². The quantitative estimate of drug-likeness (QED) is 0.592. The lowest BCUT2D eigenvalue weighted by molar-refractivity contribution is -0.182. The number of ether oxygens (including phenoxy) is 2. The second-order valence-corrected chi connectivity index (χ2v) is 6.22. The van der Waals surface area contributed by atoms with Crippen LogP contribution in [0.2, 0.25) is 5.02 Å². The summed E-state index contributed by atoms with van der Waals surface area (Å²) in [5.41, 5.74) is 0.413. The molecule has 1 amide bonds. The highest BCUT2D eigenvalue weighted by molar-refractivity contribution is 6.30. The molecule has 0 radical (unpaired) electrons. The van der Waals surface area contributed by atoms with Crippen molar-refractivity contribution in [3.8, 4) is 5.75 Å². The first-order valence-corrected chi connectivity index (χ1v) is 8.56. The zero-order chi connectivity index (χ0) is 20.9. The number of halogens is 4. The molecule has 0 aliphatic carbocycles. The number of alkyl halides is 3. The summed E-state index contributed by atoms with van der Waals surface area (Å²) in [7, 11) is 0. The van der Waals surface area contributed by atoms with Gasteiger partial charge in [-0.15, -0.1) is 0 Å². The summed E-state index contributed by atoms with van der Waals surface area (Å²) in [5.74, 6) is 0.0430. The van der Waals surface area contributed by atoms with E-state index in [-0.39, 0.29) is 18.1 Å². The van der Waals surface area contributed by atoms with Crippen LogP contribution in [-0.4, -0.2) is 38.3 Å². The molecule has 0 bridgehead atoms. The lowest BCUT2D eigenvalue weighted by atomic mass is 10.3. The Labute approximate surface area is 167 Å². The zero-order valence-electron chi connectivity index (χ0n) is 14.8. The molecule has 1 N–H and O–H groups in total. The van der Waals surface area contributed by atoms with E-state index in [1.54, 1.807) is 30.5 Å². The third-order valence-electron chi connectivity index (χ3n) is 3.41. The maximum atomic E-state index is 12.2. The summed E-state index contributed by atoms with van der Waals surface area (Å²) >= 11 is 5.88. The SMILES string of the molecule is O=C(Nc1cnn(COCC(F)(F)F)c1)c1ccn(COc2cccc(Cl)c2)n1. The summed E-state index contributed by atoms with van der Waals surface area (Å²) in [6.45, 7) is -1.71. The van der Waals surface area contributed by atoms with Crippen LogP contribution < -0.4 is 10.1 Å². The average molecular weight is 430 g/mol. The van der Waals surface area contributed by atoms with E-state index in [1.807, 2.05) is 0 Å². The molecule has 0 spiro atoms. The molecule has 3 aromatic rings. The lowest BCUT2D eigenvalue weighted by Crippen LogP contribution is -2.18. The van der Waals surface area contributed by atoms with Crippen LogP contribution in [-0.2, 0) is 18.2 Å². The van der Waals surface area contributed by atoms with Gasteiger partial charge in [0.2, 0.25) is 0 Å². The number of amides is 1. The Hall–Kier alpha value is -3.05. The standard InChI is InChI=1S/C17H15ClF3N5O3/c18-12-2-1-3-14(6-12)29-11-25-5-4-15(24-25)16(27)23-13-7-22-26(8-13)10-28-9-17(19,20)21/h1-8H,9-11H2,(H,23,27). The summed E-state index contributed by atoms with van der Waals surface area (Å²) in [6.07, 6.45) is -0.227. The maximum Gasteiger partial charge on any atom is 0.411 e. The molecule has 8 nitrogen and oxygen atoms in total. The Balaban J connectivity index is 1.50. The number of hydrogen-bond acceptors (Lipinski definition) is 5. The molecule has 0 aliphatic heterocycles. The molecule has 0 fully saturated rings. The van der Waals surface area contributed by atoms with Gasteiger partial charge in [0.15, 0.2) is 12.4 Å². The van der Waals surface area contributed by atoms with Gasteiger partial charge in [0, 0.05) is 11.2 Å². The van der Waals surface area contributed by atoms with Crippen LogP contribution in [0.4, 0.5) is 18.9 Å². The Morgan fingerprint density at radius 1 is 1.21 bits per heavy atom. The summed E-state index contributed by atoms with van der Waals surface area (Å²) < 4.78 is 48.7. The second-order valence-electron chi connectivity index (χ2n) is 5.79. The lowest BCUT2D eigenvalue weighted by Gasteiger charge is -2.07. The van der Waals surface area contributed by atoms with Gasteiger partial charge in [-0.05, 0) is 24.3 Å². The van der Waals surface area contributed by atoms with Crippen molar-refractivity contribution < 1.29 is 27.4 Å². The van der Waals surface area contributed by atoms with Gasteiger partial charge in [-0.3, -0.25) is 4.79 Å². The van der Waals surface area contributed by atoms with Gasteiger partial charge in [-0.1, -0.05) is 17.7 Å². The molecule has 12 heteroatoms. The van der Waals surface area contributed by atoms with Gasteiger partial charge < -0.3 is 14.8 Å². The van der Waals surface area contributed by atoms with Gasteiger partial charge in [0.1, 0.15) is 19.1 Å². The molecule has 0 aliphatic rings. The van der Waals surface area contributed by atoms with E-state index >= 15 is 0 Å². The maximum absolute atomic E-state index is 12.2. The van der Waals surface area contributed by atoms with Crippen molar-refractivity contribution in [3.05, 3.63) is 59.6 Å². The first-order chi connectivity index (χ1) is 13.8. The largest absolute Gasteiger partial charge is 0.471 e. The summed E-state index contributed by atoms with van der Waals surface area (Å²) in [6, 6.07) is 8.34. The average Bonchev–Trinajstić information content (AvgIpc) is 3.29. The van der Waals surface area contributed by atoms with Crippen LogP contribution in [0.5, 0.6) is 5.75 Å².